The van der Waals surface area contributed by atoms with E-state index in [1.165, 1.54) is 6.20 Å². The molecule has 74 valence electrons. The van der Waals surface area contributed by atoms with Gasteiger partial charge < -0.3 is 0 Å². The Kier molecular flexibility index (Phi) is 2.03. The van der Waals surface area contributed by atoms with E-state index < -0.39 is 10.0 Å². The van der Waals surface area contributed by atoms with Gasteiger partial charge in [0.1, 0.15) is 0 Å². The van der Waals surface area contributed by atoms with Gasteiger partial charge in [0.05, 0.1) is 0 Å². The Balaban J connectivity index is 2.68. The molecule has 0 radical (unpaired) electrons. The summed E-state index contributed by atoms with van der Waals surface area (Å²) in [6.45, 7) is 1.94. The molecule has 0 amide bonds. The number of pyridine rings is 1. The lowest BCUT2D eigenvalue weighted by Crippen LogP contribution is -2.23. The number of aryl methyl sites for hydroxylation is 1. The van der Waals surface area contributed by atoms with Crippen molar-refractivity contribution in [3.05, 3.63) is 29.6 Å². The standard InChI is InChI=1S/C9H10N2O2S/c1-2-8-4-3-7-5-6-10-14(12,13)9(7)11-8/h3-6,10H,2H2,1H3. The molecule has 0 atom stereocenters. The highest BCUT2D eigenvalue weighted by atomic mass is 32.2. The topological polar surface area (TPSA) is 59.1 Å². The van der Waals surface area contributed by atoms with Gasteiger partial charge in [0.2, 0.25) is 0 Å². The van der Waals surface area contributed by atoms with E-state index in [-0.39, 0.29) is 5.03 Å². The number of aromatic nitrogens is 1. The van der Waals surface area contributed by atoms with Gasteiger partial charge in [-0.15, -0.1) is 0 Å². The molecule has 0 aliphatic carbocycles. The van der Waals surface area contributed by atoms with E-state index in [1.807, 2.05) is 13.0 Å². The van der Waals surface area contributed by atoms with Gasteiger partial charge in [0, 0.05) is 17.5 Å². The zero-order valence-electron chi connectivity index (χ0n) is 7.69. The highest BCUT2D eigenvalue weighted by Gasteiger charge is 2.21. The summed E-state index contributed by atoms with van der Waals surface area (Å²) in [4.78, 5) is 4.08. The summed E-state index contributed by atoms with van der Waals surface area (Å²) in [7, 11) is -3.42. The molecule has 1 aliphatic rings. The van der Waals surface area contributed by atoms with Crippen LogP contribution in [-0.2, 0) is 16.4 Å². The van der Waals surface area contributed by atoms with Gasteiger partial charge in [-0.25, -0.2) is 4.98 Å². The highest BCUT2D eigenvalue weighted by Crippen LogP contribution is 2.18. The van der Waals surface area contributed by atoms with Crippen LogP contribution in [0.15, 0.2) is 23.4 Å². The summed E-state index contributed by atoms with van der Waals surface area (Å²) in [5.74, 6) is 0. The van der Waals surface area contributed by atoms with Crippen LogP contribution in [0, 0.1) is 0 Å². The van der Waals surface area contributed by atoms with Crippen LogP contribution in [0.5, 0.6) is 0 Å². The number of hydrogen-bond acceptors (Lipinski definition) is 3. The Hall–Kier alpha value is -1.36. The van der Waals surface area contributed by atoms with E-state index >= 15 is 0 Å². The quantitative estimate of drug-likeness (QED) is 0.749. The third-order valence-corrected chi connectivity index (χ3v) is 3.33. The van der Waals surface area contributed by atoms with Crippen LogP contribution in [-0.4, -0.2) is 13.4 Å². The maximum atomic E-state index is 11.5. The molecular weight excluding hydrogens is 200 g/mol. The maximum absolute atomic E-state index is 11.5. The van der Waals surface area contributed by atoms with Crippen molar-refractivity contribution in [3.63, 3.8) is 0 Å². The number of hydrogen-bond donors (Lipinski definition) is 1. The smallest absolute Gasteiger partial charge is 0.279 e. The molecule has 1 aromatic heterocycles. The first-order valence-electron chi connectivity index (χ1n) is 4.32. The second kappa shape index (κ2) is 3.09. The molecule has 0 spiro atoms. The number of nitrogens with one attached hydrogen (secondary N) is 1. The van der Waals surface area contributed by atoms with Crippen molar-refractivity contribution in [2.45, 2.75) is 18.4 Å². The van der Waals surface area contributed by atoms with Crippen LogP contribution in [0.1, 0.15) is 18.2 Å². The monoisotopic (exact) mass is 210 g/mol. The predicted molar refractivity (Wildman–Crippen MR) is 53.0 cm³/mol. The molecule has 0 saturated heterocycles. The van der Waals surface area contributed by atoms with Crippen molar-refractivity contribution in [1.29, 1.82) is 0 Å². The summed E-state index contributed by atoms with van der Waals surface area (Å²) < 4.78 is 25.3. The Morgan fingerprint density at radius 3 is 2.93 bits per heavy atom. The first-order chi connectivity index (χ1) is 6.63. The number of fused-ring (bicyclic) bond motifs is 1. The molecule has 2 heterocycles. The minimum Gasteiger partial charge on any atom is -0.285 e. The molecule has 2 rings (SSSR count). The van der Waals surface area contributed by atoms with E-state index in [2.05, 4.69) is 9.71 Å². The van der Waals surface area contributed by atoms with Gasteiger partial charge >= 0.3 is 0 Å². The Bertz CT molecular complexity index is 492. The van der Waals surface area contributed by atoms with Crippen LogP contribution in [0.4, 0.5) is 0 Å². The Labute approximate surface area is 82.7 Å². The average Bonchev–Trinajstić information content (AvgIpc) is 2.17. The van der Waals surface area contributed by atoms with Crippen molar-refractivity contribution >= 4 is 16.1 Å². The average molecular weight is 210 g/mol. The highest BCUT2D eigenvalue weighted by molar-refractivity contribution is 7.89. The van der Waals surface area contributed by atoms with Gasteiger partial charge in [-0.05, 0) is 18.6 Å². The molecule has 0 fully saturated rings. The SMILES string of the molecule is CCc1ccc2c(n1)S(=O)(=O)NC=C2. The summed E-state index contributed by atoms with van der Waals surface area (Å²) in [5, 5.41) is 0.124. The first kappa shape index (κ1) is 9.21. The predicted octanol–water partition coefficient (Wildman–Crippen LogP) is 0.907. The summed E-state index contributed by atoms with van der Waals surface area (Å²) in [6.07, 6.45) is 3.83. The van der Waals surface area contributed by atoms with Gasteiger partial charge in [0.25, 0.3) is 10.0 Å². The second-order valence-corrected chi connectivity index (χ2v) is 4.63. The van der Waals surface area contributed by atoms with E-state index in [4.69, 9.17) is 0 Å². The third kappa shape index (κ3) is 1.39. The second-order valence-electron chi connectivity index (χ2n) is 3.01. The van der Waals surface area contributed by atoms with Crippen molar-refractivity contribution in [2.24, 2.45) is 0 Å². The minimum atomic E-state index is -3.42. The van der Waals surface area contributed by atoms with Crippen LogP contribution >= 0.6 is 0 Å². The van der Waals surface area contributed by atoms with Crippen LogP contribution < -0.4 is 4.72 Å². The fraction of sp³-hybridized carbons (Fsp3) is 0.222. The van der Waals surface area contributed by atoms with Gasteiger partial charge in [-0.1, -0.05) is 13.0 Å². The lowest BCUT2D eigenvalue weighted by molar-refractivity contribution is 0.585. The molecule has 5 heteroatoms. The van der Waals surface area contributed by atoms with E-state index in [1.54, 1.807) is 12.1 Å². The number of sulfonamides is 1. The van der Waals surface area contributed by atoms with Gasteiger partial charge in [-0.2, -0.15) is 8.42 Å². The molecule has 0 aromatic carbocycles. The summed E-state index contributed by atoms with van der Waals surface area (Å²) in [5.41, 5.74) is 1.42. The van der Waals surface area contributed by atoms with E-state index in [0.29, 0.717) is 5.56 Å². The van der Waals surface area contributed by atoms with Crippen molar-refractivity contribution < 1.29 is 8.42 Å². The molecule has 0 unspecified atom stereocenters. The maximum Gasteiger partial charge on any atom is 0.279 e. The van der Waals surface area contributed by atoms with Crippen LogP contribution in [0.3, 0.4) is 0 Å². The fourth-order valence-corrected chi connectivity index (χ4v) is 2.34. The van der Waals surface area contributed by atoms with Gasteiger partial charge in [-0.3, -0.25) is 4.72 Å². The Morgan fingerprint density at radius 2 is 2.21 bits per heavy atom. The molecule has 0 bridgehead atoms. The fourth-order valence-electron chi connectivity index (χ4n) is 1.30. The van der Waals surface area contributed by atoms with Crippen molar-refractivity contribution in [1.82, 2.24) is 9.71 Å². The van der Waals surface area contributed by atoms with Crippen LogP contribution in [0.25, 0.3) is 6.08 Å². The Morgan fingerprint density at radius 1 is 1.43 bits per heavy atom. The molecular formula is C9H10N2O2S. The summed E-state index contributed by atoms with van der Waals surface area (Å²) >= 11 is 0. The van der Waals surface area contributed by atoms with E-state index in [9.17, 15) is 8.42 Å². The lowest BCUT2D eigenvalue weighted by atomic mass is 10.2. The zero-order valence-corrected chi connectivity index (χ0v) is 8.50. The minimum absolute atomic E-state index is 0.124. The number of nitrogens with zero attached hydrogens (tertiary/aromatic N) is 1. The zero-order chi connectivity index (χ0) is 10.2. The molecule has 0 saturated carbocycles. The first-order valence-corrected chi connectivity index (χ1v) is 5.80. The van der Waals surface area contributed by atoms with Gasteiger partial charge in [0.15, 0.2) is 5.03 Å². The third-order valence-electron chi connectivity index (χ3n) is 2.05. The molecule has 4 nitrogen and oxygen atoms in total. The molecule has 14 heavy (non-hydrogen) atoms. The summed E-state index contributed by atoms with van der Waals surface area (Å²) in [6, 6.07) is 3.61. The van der Waals surface area contributed by atoms with Crippen molar-refractivity contribution in [3.8, 4) is 0 Å². The van der Waals surface area contributed by atoms with E-state index in [0.717, 1.165) is 12.1 Å². The lowest BCUT2D eigenvalue weighted by Gasteiger charge is -2.12. The molecule has 1 aromatic rings. The van der Waals surface area contributed by atoms with Crippen LogP contribution in [0.2, 0.25) is 0 Å². The molecule has 1 N–H and O–H groups in total. The largest absolute Gasteiger partial charge is 0.285 e. The molecule has 1 aliphatic heterocycles. The number of rotatable bonds is 1. The normalized spacial score (nSPS) is 17.2. The van der Waals surface area contributed by atoms with Crippen molar-refractivity contribution in [2.75, 3.05) is 0 Å².